The number of rotatable bonds is 4. The molecule has 0 spiro atoms. The van der Waals surface area contributed by atoms with E-state index in [1.807, 2.05) is 4.99 Å². The average Bonchev–Trinajstić information content (AvgIpc) is 1.91. The van der Waals surface area contributed by atoms with Gasteiger partial charge in [0.25, 0.3) is 14.1 Å². The molecular weight excluding hydrogens is 191 g/mol. The minimum Gasteiger partial charge on any atom is -0.0965 e. The summed E-state index contributed by atoms with van der Waals surface area (Å²) in [5.41, 5.74) is 0. The molecule has 0 aliphatic carbocycles. The molecule has 52 valence electrons. The Hall–Kier alpha value is 0.752. The molecule has 0 amide bonds. The molecule has 0 aromatic heterocycles. The van der Waals surface area contributed by atoms with Gasteiger partial charge in [-0.05, 0) is 4.99 Å². The molecule has 0 aliphatic heterocycles. The second-order valence-corrected chi connectivity index (χ2v) is 6.65. The molecule has 0 aromatic carbocycles. The molecule has 0 unspecified atom stereocenters. The number of allylic oxidation sites excluding steroid dienone is 1. The maximum absolute atomic E-state index is 3.28. The zero-order valence-electron chi connectivity index (χ0n) is 6.23. The van der Waals surface area contributed by atoms with Gasteiger partial charge in [0.1, 0.15) is 0 Å². The third-order valence-corrected chi connectivity index (χ3v) is 5.34. The number of hydrogen-bond acceptors (Lipinski definition) is 0. The van der Waals surface area contributed by atoms with Crippen molar-refractivity contribution in [2.45, 2.75) is 29.7 Å². The van der Waals surface area contributed by atoms with Gasteiger partial charge in [-0.1, -0.05) is 51.7 Å². The Bertz CT molecular complexity index is 77.0. The van der Waals surface area contributed by atoms with Crippen molar-refractivity contribution in [3.8, 4) is 0 Å². The summed E-state index contributed by atoms with van der Waals surface area (Å²) in [6.45, 7) is 4.62. The second kappa shape index (κ2) is 6.87. The molecule has 0 bridgehead atoms. The smallest absolute Gasteiger partial charge is 0.0965 e. The largest absolute Gasteiger partial charge is 0.265 e. The third-order valence-electron chi connectivity index (χ3n) is 1.71. The predicted molar refractivity (Wildman–Crippen MR) is 49.6 cm³/mol. The van der Waals surface area contributed by atoms with E-state index in [1.165, 1.54) is 15.8 Å². The molecule has 0 rings (SSSR count). The predicted octanol–water partition coefficient (Wildman–Crippen LogP) is 3.43. The lowest BCUT2D eigenvalue weighted by Crippen LogP contribution is -2.05. The lowest BCUT2D eigenvalue weighted by Gasteiger charge is -1.99. The van der Waals surface area contributed by atoms with E-state index in [0.717, 1.165) is 0 Å². The Kier molecular flexibility index (Phi) is 7.44. The fraction of sp³-hybridized carbons (Fsp3) is 0.714. The van der Waals surface area contributed by atoms with Crippen molar-refractivity contribution in [1.82, 2.24) is 0 Å². The topological polar surface area (TPSA) is 0 Å². The Morgan fingerprint density at radius 1 is 1.33 bits per heavy atom. The van der Waals surface area contributed by atoms with E-state index >= 15 is 0 Å². The normalized spacial score (nSPS) is 10.6. The van der Waals surface area contributed by atoms with E-state index in [0.29, 0.717) is 0 Å². The van der Waals surface area contributed by atoms with Gasteiger partial charge in [-0.25, -0.2) is 0 Å². The summed E-state index contributed by atoms with van der Waals surface area (Å²) < 4.78 is 0. The maximum atomic E-state index is 3.28. The van der Waals surface area contributed by atoms with Crippen molar-refractivity contribution < 1.29 is 0 Å². The third kappa shape index (κ3) is 5.21. The van der Waals surface area contributed by atoms with Gasteiger partial charge in [0.05, 0.1) is 0 Å². The van der Waals surface area contributed by atoms with Gasteiger partial charge in [0.2, 0.25) is 0 Å². The average molecular weight is 205 g/mol. The zero-order chi connectivity index (χ0) is 7.11. The zero-order valence-corrected chi connectivity index (χ0v) is 8.97. The standard InChI is InChI=1S/C3H4Br.2C2H5.Al/c1-2-3-4;2*1-2;/h2-3H,1H2;2*1H2,2H3;/b3-2-;;;. The van der Waals surface area contributed by atoms with Crippen LogP contribution in [0.4, 0.5) is 0 Å². The first kappa shape index (κ1) is 9.75. The molecule has 9 heavy (non-hydrogen) atoms. The molecule has 0 nitrogen and oxygen atoms in total. The summed E-state index contributed by atoms with van der Waals surface area (Å²) in [4.78, 5) is 1.98. The second-order valence-electron chi connectivity index (χ2n) is 2.28. The fourth-order valence-corrected chi connectivity index (χ4v) is 3.25. The SMILES string of the molecule is C[CH2][Al]([CH2]C)[CH2]/C=C\Br. The minimum absolute atomic E-state index is 0.327. The lowest BCUT2D eigenvalue weighted by molar-refractivity contribution is 1.28. The van der Waals surface area contributed by atoms with Gasteiger partial charge in [0, 0.05) is 0 Å². The summed E-state index contributed by atoms with van der Waals surface area (Å²) in [6.07, 6.45) is 2.24. The van der Waals surface area contributed by atoms with Gasteiger partial charge in [-0.3, -0.25) is 0 Å². The van der Waals surface area contributed by atoms with Crippen molar-refractivity contribution in [3.05, 3.63) is 11.1 Å². The van der Waals surface area contributed by atoms with E-state index in [1.54, 1.807) is 0 Å². The summed E-state index contributed by atoms with van der Waals surface area (Å²) >= 11 is 2.95. The Labute approximate surface area is 70.9 Å². The fourth-order valence-electron chi connectivity index (χ4n) is 0.866. The molecule has 0 saturated heterocycles. The number of halogens is 1. The van der Waals surface area contributed by atoms with Gasteiger partial charge < -0.3 is 0 Å². The summed E-state index contributed by atoms with van der Waals surface area (Å²) in [5, 5.41) is 4.24. The first-order chi connectivity index (χ1) is 4.35. The first-order valence-corrected chi connectivity index (χ1v) is 6.96. The molecule has 0 fully saturated rings. The highest BCUT2D eigenvalue weighted by Gasteiger charge is 2.07. The van der Waals surface area contributed by atoms with Crippen molar-refractivity contribution >= 4 is 30.1 Å². The number of hydrogen-bond donors (Lipinski definition) is 0. The van der Waals surface area contributed by atoms with E-state index in [-0.39, 0.29) is 14.1 Å². The van der Waals surface area contributed by atoms with E-state index < -0.39 is 0 Å². The Balaban J connectivity index is 3.31. The van der Waals surface area contributed by atoms with Gasteiger partial charge >= 0.3 is 0 Å². The Morgan fingerprint density at radius 3 is 2.22 bits per heavy atom. The van der Waals surface area contributed by atoms with Gasteiger partial charge in [-0.15, -0.1) is 0 Å². The summed E-state index contributed by atoms with van der Waals surface area (Å²) in [5.74, 6) is 0. The molecule has 0 heterocycles. The molecule has 0 N–H and O–H groups in total. The highest BCUT2D eigenvalue weighted by Crippen LogP contribution is 2.05. The van der Waals surface area contributed by atoms with Crippen LogP contribution in [0, 0.1) is 0 Å². The van der Waals surface area contributed by atoms with E-state index in [9.17, 15) is 0 Å². The monoisotopic (exact) mass is 204 g/mol. The van der Waals surface area contributed by atoms with Crippen molar-refractivity contribution in [2.75, 3.05) is 0 Å². The molecule has 0 atom stereocenters. The van der Waals surface area contributed by atoms with Crippen molar-refractivity contribution in [2.24, 2.45) is 0 Å². The molecule has 0 aliphatic rings. The van der Waals surface area contributed by atoms with Crippen LogP contribution in [0.5, 0.6) is 0 Å². The first-order valence-electron chi connectivity index (χ1n) is 3.60. The van der Waals surface area contributed by atoms with Gasteiger partial charge in [-0.2, -0.15) is 0 Å². The molecule has 0 saturated carbocycles. The van der Waals surface area contributed by atoms with Crippen LogP contribution in [-0.4, -0.2) is 14.1 Å². The van der Waals surface area contributed by atoms with Crippen molar-refractivity contribution in [1.29, 1.82) is 0 Å². The minimum atomic E-state index is -0.327. The van der Waals surface area contributed by atoms with Crippen LogP contribution in [-0.2, 0) is 0 Å². The van der Waals surface area contributed by atoms with Crippen LogP contribution in [0.15, 0.2) is 11.1 Å². The lowest BCUT2D eigenvalue weighted by atomic mass is 10.8. The van der Waals surface area contributed by atoms with Crippen LogP contribution in [0.3, 0.4) is 0 Å². The van der Waals surface area contributed by atoms with Crippen LogP contribution in [0.25, 0.3) is 0 Å². The van der Waals surface area contributed by atoms with Crippen LogP contribution < -0.4 is 0 Å². The van der Waals surface area contributed by atoms with Crippen LogP contribution >= 0.6 is 15.9 Å². The summed E-state index contributed by atoms with van der Waals surface area (Å²) in [7, 11) is 0. The maximum Gasteiger partial charge on any atom is 0.265 e. The van der Waals surface area contributed by atoms with Gasteiger partial charge in [0.15, 0.2) is 0 Å². The Morgan fingerprint density at radius 2 is 1.89 bits per heavy atom. The quantitative estimate of drug-likeness (QED) is 0.616. The molecule has 0 aromatic rings. The highest BCUT2D eigenvalue weighted by atomic mass is 79.9. The summed E-state index contributed by atoms with van der Waals surface area (Å²) in [6, 6.07) is 0. The molecular formula is C7H14AlBr. The highest BCUT2D eigenvalue weighted by molar-refractivity contribution is 9.11. The van der Waals surface area contributed by atoms with Crippen molar-refractivity contribution in [3.63, 3.8) is 0 Å². The van der Waals surface area contributed by atoms with Crippen LogP contribution in [0.1, 0.15) is 13.8 Å². The van der Waals surface area contributed by atoms with E-state index in [2.05, 4.69) is 35.9 Å². The molecule has 0 radical (unpaired) electrons. The molecule has 2 heteroatoms. The van der Waals surface area contributed by atoms with E-state index in [4.69, 9.17) is 0 Å². The van der Waals surface area contributed by atoms with Crippen LogP contribution in [0.2, 0.25) is 15.8 Å².